The van der Waals surface area contributed by atoms with Gasteiger partial charge in [0.2, 0.25) is 15.9 Å². The number of piperidine rings is 1. The second kappa shape index (κ2) is 11.1. The molecule has 168 valence electrons. The largest absolute Gasteiger partial charge is 0.492 e. The Bertz CT molecular complexity index is 802. The van der Waals surface area contributed by atoms with Gasteiger partial charge in [0.1, 0.15) is 5.75 Å². The van der Waals surface area contributed by atoms with Crippen LogP contribution in [0, 0.1) is 0 Å². The van der Waals surface area contributed by atoms with Crippen molar-refractivity contribution in [1.82, 2.24) is 4.31 Å². The Balaban J connectivity index is 1.62. The molecule has 1 aromatic carbocycles. The van der Waals surface area contributed by atoms with Gasteiger partial charge in [-0.05, 0) is 50.8 Å². The second-order valence-corrected chi connectivity index (χ2v) is 9.50. The summed E-state index contributed by atoms with van der Waals surface area (Å²) in [5, 5.41) is 2.78. The van der Waals surface area contributed by atoms with Crippen LogP contribution in [0.5, 0.6) is 5.75 Å². The van der Waals surface area contributed by atoms with E-state index < -0.39 is 10.0 Å². The van der Waals surface area contributed by atoms with Gasteiger partial charge in [-0.15, -0.1) is 0 Å². The van der Waals surface area contributed by atoms with E-state index in [-0.39, 0.29) is 29.9 Å². The minimum Gasteiger partial charge on any atom is -0.492 e. The molecule has 0 aliphatic carbocycles. The molecule has 0 radical (unpaired) electrons. The monoisotopic (exact) mass is 440 g/mol. The van der Waals surface area contributed by atoms with Gasteiger partial charge in [0, 0.05) is 19.7 Å². The average Bonchev–Trinajstić information content (AvgIpc) is 3.27. The van der Waals surface area contributed by atoms with E-state index in [4.69, 9.17) is 14.2 Å². The number of nitrogens with one attached hydrogen (secondary N) is 1. The molecule has 1 aromatic rings. The molecule has 8 nitrogen and oxygen atoms in total. The highest BCUT2D eigenvalue weighted by Crippen LogP contribution is 2.30. The molecule has 0 spiro atoms. The van der Waals surface area contributed by atoms with Crippen LogP contribution >= 0.6 is 0 Å². The molecule has 0 bridgehead atoms. The summed E-state index contributed by atoms with van der Waals surface area (Å²) in [4.78, 5) is 12.6. The molecule has 0 aromatic heterocycles. The molecule has 3 rings (SSSR count). The van der Waals surface area contributed by atoms with Crippen LogP contribution in [0.4, 0.5) is 5.69 Å². The van der Waals surface area contributed by atoms with Gasteiger partial charge >= 0.3 is 0 Å². The Morgan fingerprint density at radius 2 is 2.03 bits per heavy atom. The zero-order valence-corrected chi connectivity index (χ0v) is 18.4. The van der Waals surface area contributed by atoms with Gasteiger partial charge in [-0.25, -0.2) is 8.42 Å². The van der Waals surface area contributed by atoms with Crippen molar-refractivity contribution in [2.24, 2.45) is 0 Å². The summed E-state index contributed by atoms with van der Waals surface area (Å²) < 4.78 is 44.1. The predicted molar refractivity (Wildman–Crippen MR) is 113 cm³/mol. The first-order valence-electron chi connectivity index (χ1n) is 10.8. The summed E-state index contributed by atoms with van der Waals surface area (Å²) in [6.07, 6.45) is 5.10. The number of carbonyl (C=O) groups excluding carboxylic acids is 1. The lowest BCUT2D eigenvalue weighted by Crippen LogP contribution is -2.35. The van der Waals surface area contributed by atoms with Crippen molar-refractivity contribution in [3.63, 3.8) is 0 Å². The van der Waals surface area contributed by atoms with Crippen molar-refractivity contribution >= 4 is 21.6 Å². The van der Waals surface area contributed by atoms with E-state index in [1.807, 2.05) is 6.92 Å². The van der Waals surface area contributed by atoms with E-state index in [9.17, 15) is 13.2 Å². The van der Waals surface area contributed by atoms with E-state index in [1.54, 1.807) is 6.07 Å². The maximum absolute atomic E-state index is 13.0. The summed E-state index contributed by atoms with van der Waals surface area (Å²) in [5.41, 5.74) is 0.360. The van der Waals surface area contributed by atoms with E-state index in [0.717, 1.165) is 38.7 Å². The third-order valence-corrected chi connectivity index (χ3v) is 7.17. The number of amides is 1. The topological polar surface area (TPSA) is 94.2 Å². The highest BCUT2D eigenvalue weighted by molar-refractivity contribution is 7.89. The second-order valence-electron chi connectivity index (χ2n) is 7.56. The summed E-state index contributed by atoms with van der Waals surface area (Å²) in [6, 6.07) is 4.62. The molecule has 0 saturated carbocycles. The molecule has 2 heterocycles. The van der Waals surface area contributed by atoms with Crippen LogP contribution in [0.1, 0.15) is 45.4 Å². The minimum atomic E-state index is -3.59. The average molecular weight is 441 g/mol. The number of ether oxygens (including phenoxy) is 3. The van der Waals surface area contributed by atoms with Crippen LogP contribution in [0.15, 0.2) is 23.1 Å². The Morgan fingerprint density at radius 1 is 1.23 bits per heavy atom. The zero-order valence-electron chi connectivity index (χ0n) is 17.6. The van der Waals surface area contributed by atoms with E-state index in [1.165, 1.54) is 16.4 Å². The Hall–Kier alpha value is -1.68. The molecular formula is C21H32N2O6S. The van der Waals surface area contributed by atoms with Crippen molar-refractivity contribution in [3.8, 4) is 5.75 Å². The van der Waals surface area contributed by atoms with Crippen molar-refractivity contribution in [2.75, 3.05) is 44.8 Å². The van der Waals surface area contributed by atoms with Gasteiger partial charge in [-0.3, -0.25) is 4.79 Å². The number of benzene rings is 1. The minimum absolute atomic E-state index is 0.120. The fourth-order valence-electron chi connectivity index (χ4n) is 3.67. The zero-order chi connectivity index (χ0) is 21.4. The lowest BCUT2D eigenvalue weighted by Gasteiger charge is -2.26. The Kier molecular flexibility index (Phi) is 8.50. The third kappa shape index (κ3) is 6.16. The molecule has 30 heavy (non-hydrogen) atoms. The molecule has 1 unspecified atom stereocenters. The van der Waals surface area contributed by atoms with Crippen LogP contribution < -0.4 is 10.1 Å². The first-order chi connectivity index (χ1) is 14.5. The van der Waals surface area contributed by atoms with Crippen molar-refractivity contribution < 1.29 is 27.4 Å². The van der Waals surface area contributed by atoms with Gasteiger partial charge in [0.15, 0.2) is 0 Å². The fourth-order valence-corrected chi connectivity index (χ4v) is 5.21. The lowest BCUT2D eigenvalue weighted by molar-refractivity contribution is -0.117. The molecule has 1 amide bonds. The first-order valence-corrected chi connectivity index (χ1v) is 12.2. The number of rotatable bonds is 10. The number of carbonyl (C=O) groups is 1. The smallest absolute Gasteiger partial charge is 0.243 e. The van der Waals surface area contributed by atoms with Gasteiger partial charge in [0.05, 0.1) is 42.9 Å². The van der Waals surface area contributed by atoms with E-state index in [0.29, 0.717) is 37.7 Å². The molecular weight excluding hydrogens is 408 g/mol. The van der Waals surface area contributed by atoms with Gasteiger partial charge in [0.25, 0.3) is 0 Å². The molecule has 1 N–H and O–H groups in total. The quantitative estimate of drug-likeness (QED) is 0.562. The number of anilines is 1. The van der Waals surface area contributed by atoms with Crippen LogP contribution in [-0.4, -0.2) is 64.3 Å². The molecule has 9 heteroatoms. The number of sulfonamides is 1. The molecule has 2 aliphatic rings. The molecule has 2 aliphatic heterocycles. The maximum atomic E-state index is 13.0. The fraction of sp³-hybridized carbons (Fsp3) is 0.667. The number of hydrogen-bond donors (Lipinski definition) is 1. The van der Waals surface area contributed by atoms with Crippen LogP contribution in [0.2, 0.25) is 0 Å². The summed E-state index contributed by atoms with van der Waals surface area (Å²) in [5.74, 6) is 0.194. The van der Waals surface area contributed by atoms with Gasteiger partial charge in [-0.2, -0.15) is 4.31 Å². The Morgan fingerprint density at radius 3 is 2.73 bits per heavy atom. The van der Waals surface area contributed by atoms with Crippen molar-refractivity contribution in [3.05, 3.63) is 18.2 Å². The molecule has 1 atom stereocenters. The van der Waals surface area contributed by atoms with Gasteiger partial charge < -0.3 is 19.5 Å². The molecule has 2 saturated heterocycles. The van der Waals surface area contributed by atoms with Crippen LogP contribution in [-0.2, 0) is 24.3 Å². The van der Waals surface area contributed by atoms with E-state index >= 15 is 0 Å². The maximum Gasteiger partial charge on any atom is 0.243 e. The normalized spacial score (nSPS) is 20.2. The molecule has 2 fully saturated rings. The number of hydrogen-bond acceptors (Lipinski definition) is 6. The standard InChI is InChI=1S/C21H32N2O6S/c1-2-28-20-9-8-18(30(25,26)23-11-4-3-5-12-23)15-19(20)22-21(24)10-14-27-16-17-7-6-13-29-17/h8-9,15,17H,2-7,10-14,16H2,1H3,(H,22,24). The van der Waals surface area contributed by atoms with Crippen molar-refractivity contribution in [1.29, 1.82) is 0 Å². The number of nitrogens with zero attached hydrogens (tertiary/aromatic N) is 1. The van der Waals surface area contributed by atoms with E-state index in [2.05, 4.69) is 5.32 Å². The SMILES string of the molecule is CCOc1ccc(S(=O)(=O)N2CCCCC2)cc1NC(=O)CCOCC1CCCO1. The van der Waals surface area contributed by atoms with Crippen molar-refractivity contribution in [2.45, 2.75) is 56.4 Å². The van der Waals surface area contributed by atoms with Crippen LogP contribution in [0.3, 0.4) is 0 Å². The lowest BCUT2D eigenvalue weighted by atomic mass is 10.2. The highest BCUT2D eigenvalue weighted by Gasteiger charge is 2.27. The summed E-state index contributed by atoms with van der Waals surface area (Å²) in [7, 11) is -3.59. The third-order valence-electron chi connectivity index (χ3n) is 5.28. The van der Waals surface area contributed by atoms with Crippen LogP contribution in [0.25, 0.3) is 0 Å². The highest BCUT2D eigenvalue weighted by atomic mass is 32.2. The first kappa shape index (κ1) is 23.0. The Labute approximate surface area is 178 Å². The predicted octanol–water partition coefficient (Wildman–Crippen LogP) is 2.78. The summed E-state index contributed by atoms with van der Waals surface area (Å²) in [6.45, 7) is 4.83. The van der Waals surface area contributed by atoms with Gasteiger partial charge in [-0.1, -0.05) is 6.42 Å². The summed E-state index contributed by atoms with van der Waals surface area (Å²) >= 11 is 0.